The molecule has 0 aliphatic heterocycles. The monoisotopic (exact) mass is 305 g/mol. The third kappa shape index (κ3) is 4.55. The van der Waals surface area contributed by atoms with Crippen LogP contribution in [0, 0.1) is 0 Å². The van der Waals surface area contributed by atoms with Gasteiger partial charge in [0.1, 0.15) is 5.69 Å². The van der Waals surface area contributed by atoms with Crippen molar-refractivity contribution in [3.05, 3.63) is 29.6 Å². The molecule has 0 aromatic carbocycles. The molecule has 2 amide bonds. The van der Waals surface area contributed by atoms with Crippen molar-refractivity contribution in [3.8, 4) is 0 Å². The van der Waals surface area contributed by atoms with Crippen molar-refractivity contribution in [2.75, 3.05) is 26.2 Å². The highest BCUT2D eigenvalue weighted by molar-refractivity contribution is 5.98. The molecule has 0 aliphatic rings. The molecule has 1 rings (SSSR count). The van der Waals surface area contributed by atoms with Gasteiger partial charge in [0, 0.05) is 37.9 Å². The Labute approximate surface area is 133 Å². The van der Waals surface area contributed by atoms with Crippen molar-refractivity contribution in [2.24, 2.45) is 0 Å². The lowest BCUT2D eigenvalue weighted by atomic mass is 10.1. The van der Waals surface area contributed by atoms with Gasteiger partial charge in [-0.25, -0.2) is 0 Å². The van der Waals surface area contributed by atoms with Gasteiger partial charge in [0.2, 0.25) is 0 Å². The van der Waals surface area contributed by atoms with Crippen molar-refractivity contribution in [1.29, 1.82) is 0 Å². The molecule has 0 N–H and O–H groups in total. The Morgan fingerprint density at radius 1 is 0.955 bits per heavy atom. The van der Waals surface area contributed by atoms with E-state index in [2.05, 4.69) is 18.8 Å². The normalized spacial score (nSPS) is 10.4. The standard InChI is InChI=1S/C17H27N3O2/c1-5-11-20(12-6-2)16(21)14-9-10-18-15(13-14)17(22)19(7-3)8-4/h9-10,13H,5-8,11-12H2,1-4H3. The predicted molar refractivity (Wildman–Crippen MR) is 88.0 cm³/mol. The van der Waals surface area contributed by atoms with Gasteiger partial charge in [-0.05, 0) is 38.8 Å². The van der Waals surface area contributed by atoms with E-state index in [-0.39, 0.29) is 11.8 Å². The highest BCUT2D eigenvalue weighted by Gasteiger charge is 2.18. The third-order valence-corrected chi connectivity index (χ3v) is 3.55. The number of nitrogens with zero attached hydrogens (tertiary/aromatic N) is 3. The Kier molecular flexibility index (Phi) is 7.57. The fraction of sp³-hybridized carbons (Fsp3) is 0.588. The molecule has 0 saturated heterocycles. The van der Waals surface area contributed by atoms with E-state index in [1.807, 2.05) is 18.7 Å². The third-order valence-electron chi connectivity index (χ3n) is 3.55. The molecular formula is C17H27N3O2. The summed E-state index contributed by atoms with van der Waals surface area (Å²) in [5.74, 6) is -0.156. The van der Waals surface area contributed by atoms with E-state index >= 15 is 0 Å². The second-order valence-electron chi connectivity index (χ2n) is 5.20. The van der Waals surface area contributed by atoms with E-state index in [0.717, 1.165) is 25.9 Å². The van der Waals surface area contributed by atoms with E-state index in [1.165, 1.54) is 0 Å². The average Bonchev–Trinajstić information content (AvgIpc) is 2.55. The van der Waals surface area contributed by atoms with Crippen LogP contribution >= 0.6 is 0 Å². The molecule has 22 heavy (non-hydrogen) atoms. The van der Waals surface area contributed by atoms with E-state index in [0.29, 0.717) is 24.3 Å². The molecule has 0 aliphatic carbocycles. The number of rotatable bonds is 8. The van der Waals surface area contributed by atoms with Crippen molar-refractivity contribution < 1.29 is 9.59 Å². The molecule has 0 unspecified atom stereocenters. The molecule has 0 radical (unpaired) electrons. The largest absolute Gasteiger partial charge is 0.339 e. The zero-order chi connectivity index (χ0) is 16.5. The van der Waals surface area contributed by atoms with Gasteiger partial charge < -0.3 is 9.80 Å². The fourth-order valence-electron chi connectivity index (χ4n) is 2.39. The molecule has 1 aromatic rings. The minimum Gasteiger partial charge on any atom is -0.339 e. The Balaban J connectivity index is 2.99. The van der Waals surface area contributed by atoms with Crippen molar-refractivity contribution >= 4 is 11.8 Å². The minimum atomic E-state index is -0.128. The molecular weight excluding hydrogens is 278 g/mol. The summed E-state index contributed by atoms with van der Waals surface area (Å²) in [6, 6.07) is 3.29. The molecule has 0 saturated carbocycles. The second kappa shape index (κ2) is 9.18. The van der Waals surface area contributed by atoms with Crippen LogP contribution in [-0.2, 0) is 0 Å². The molecule has 1 heterocycles. The quantitative estimate of drug-likeness (QED) is 0.742. The first-order chi connectivity index (χ1) is 10.6. The van der Waals surface area contributed by atoms with Gasteiger partial charge in [0.25, 0.3) is 11.8 Å². The molecule has 0 atom stereocenters. The van der Waals surface area contributed by atoms with Crippen LogP contribution < -0.4 is 0 Å². The molecule has 0 bridgehead atoms. The zero-order valence-electron chi connectivity index (χ0n) is 14.1. The lowest BCUT2D eigenvalue weighted by Crippen LogP contribution is -2.33. The van der Waals surface area contributed by atoms with E-state index in [1.54, 1.807) is 23.2 Å². The van der Waals surface area contributed by atoms with Gasteiger partial charge >= 0.3 is 0 Å². The van der Waals surface area contributed by atoms with E-state index in [9.17, 15) is 9.59 Å². The summed E-state index contributed by atoms with van der Waals surface area (Å²) in [6.07, 6.45) is 3.38. The SMILES string of the molecule is CCCN(CCC)C(=O)c1ccnc(C(=O)N(CC)CC)c1. The maximum atomic E-state index is 12.6. The summed E-state index contributed by atoms with van der Waals surface area (Å²) in [7, 11) is 0. The topological polar surface area (TPSA) is 53.5 Å². The fourth-order valence-corrected chi connectivity index (χ4v) is 2.39. The Morgan fingerprint density at radius 3 is 2.05 bits per heavy atom. The second-order valence-corrected chi connectivity index (χ2v) is 5.20. The van der Waals surface area contributed by atoms with Gasteiger partial charge in [-0.15, -0.1) is 0 Å². The molecule has 0 spiro atoms. The lowest BCUT2D eigenvalue weighted by molar-refractivity contribution is 0.0755. The number of aromatic nitrogens is 1. The van der Waals surface area contributed by atoms with Gasteiger partial charge in [0.15, 0.2) is 0 Å². The van der Waals surface area contributed by atoms with Gasteiger partial charge in [-0.3, -0.25) is 14.6 Å². The van der Waals surface area contributed by atoms with Gasteiger partial charge in [-0.2, -0.15) is 0 Å². The van der Waals surface area contributed by atoms with Crippen molar-refractivity contribution in [1.82, 2.24) is 14.8 Å². The first kappa shape index (κ1) is 18.1. The maximum absolute atomic E-state index is 12.6. The predicted octanol–water partition coefficient (Wildman–Crippen LogP) is 2.83. The van der Waals surface area contributed by atoms with Crippen LogP contribution in [-0.4, -0.2) is 52.8 Å². The van der Waals surface area contributed by atoms with Crippen LogP contribution in [0.5, 0.6) is 0 Å². The van der Waals surface area contributed by atoms with Crippen LogP contribution in [0.4, 0.5) is 0 Å². The molecule has 5 nitrogen and oxygen atoms in total. The average molecular weight is 305 g/mol. The lowest BCUT2D eigenvalue weighted by Gasteiger charge is -2.22. The zero-order valence-corrected chi connectivity index (χ0v) is 14.1. The van der Waals surface area contributed by atoms with E-state index < -0.39 is 0 Å². The summed E-state index contributed by atoms with van der Waals surface area (Å²) in [5, 5.41) is 0. The van der Waals surface area contributed by atoms with Crippen LogP contribution in [0.1, 0.15) is 61.4 Å². The number of carbonyl (C=O) groups excluding carboxylic acids is 2. The minimum absolute atomic E-state index is 0.0281. The number of carbonyl (C=O) groups is 2. The van der Waals surface area contributed by atoms with Crippen molar-refractivity contribution in [3.63, 3.8) is 0 Å². The number of amides is 2. The van der Waals surface area contributed by atoms with Gasteiger partial charge in [-0.1, -0.05) is 13.8 Å². The number of hydrogen-bond acceptors (Lipinski definition) is 3. The summed E-state index contributed by atoms with van der Waals surface area (Å²) in [6.45, 7) is 10.7. The number of pyridine rings is 1. The number of hydrogen-bond donors (Lipinski definition) is 0. The highest BCUT2D eigenvalue weighted by Crippen LogP contribution is 2.10. The maximum Gasteiger partial charge on any atom is 0.272 e. The van der Waals surface area contributed by atoms with Crippen LogP contribution in [0.2, 0.25) is 0 Å². The molecule has 122 valence electrons. The van der Waals surface area contributed by atoms with Crippen LogP contribution in [0.3, 0.4) is 0 Å². The Morgan fingerprint density at radius 2 is 1.55 bits per heavy atom. The molecule has 0 fully saturated rings. The highest BCUT2D eigenvalue weighted by atomic mass is 16.2. The summed E-state index contributed by atoms with van der Waals surface area (Å²) in [4.78, 5) is 32.6. The van der Waals surface area contributed by atoms with Crippen molar-refractivity contribution in [2.45, 2.75) is 40.5 Å². The Bertz CT molecular complexity index is 492. The first-order valence-electron chi connectivity index (χ1n) is 8.13. The summed E-state index contributed by atoms with van der Waals surface area (Å²) in [5.41, 5.74) is 0.870. The van der Waals surface area contributed by atoms with Crippen LogP contribution in [0.15, 0.2) is 18.3 Å². The molecule has 1 aromatic heterocycles. The van der Waals surface area contributed by atoms with Gasteiger partial charge in [0.05, 0.1) is 0 Å². The van der Waals surface area contributed by atoms with Crippen LogP contribution in [0.25, 0.3) is 0 Å². The first-order valence-corrected chi connectivity index (χ1v) is 8.13. The molecule has 5 heteroatoms. The Hall–Kier alpha value is -1.91. The van der Waals surface area contributed by atoms with E-state index in [4.69, 9.17) is 0 Å². The summed E-state index contributed by atoms with van der Waals surface area (Å²) < 4.78 is 0. The summed E-state index contributed by atoms with van der Waals surface area (Å²) >= 11 is 0. The smallest absolute Gasteiger partial charge is 0.272 e.